The minimum Gasteiger partial charge on any atom is -0.467 e. The summed E-state index contributed by atoms with van der Waals surface area (Å²) in [7, 11) is 3.52. The molecule has 1 aromatic rings. The van der Waals surface area contributed by atoms with E-state index in [4.69, 9.17) is 18.9 Å². The van der Waals surface area contributed by atoms with E-state index >= 15 is 0 Å². The molecule has 0 saturated carbocycles. The van der Waals surface area contributed by atoms with E-state index in [0.717, 1.165) is 0 Å². The highest BCUT2D eigenvalue weighted by molar-refractivity contribution is 7.89. The molecule has 0 amide bonds. The maximum atomic E-state index is 14.4. The quantitative estimate of drug-likeness (QED) is 0.345. The predicted molar refractivity (Wildman–Crippen MR) is 185 cm³/mol. The Morgan fingerprint density at radius 3 is 2.24 bits per heavy atom. The zero-order chi connectivity index (χ0) is 36.5. The van der Waals surface area contributed by atoms with Crippen LogP contribution in [0.25, 0.3) is 0 Å². The predicted octanol–water partition coefficient (Wildman–Crippen LogP) is 3.30. The van der Waals surface area contributed by atoms with Crippen molar-refractivity contribution in [2.75, 3.05) is 54.4 Å². The molecule has 1 spiro atoms. The topological polar surface area (TPSA) is 135 Å². The fourth-order valence-electron chi connectivity index (χ4n) is 7.81. The second-order valence-corrected chi connectivity index (χ2v) is 17.3. The third-order valence-electron chi connectivity index (χ3n) is 10.7. The van der Waals surface area contributed by atoms with Crippen LogP contribution in [0.3, 0.4) is 0 Å². The summed E-state index contributed by atoms with van der Waals surface area (Å²) in [5, 5.41) is 11.3. The molecule has 7 atom stereocenters. The van der Waals surface area contributed by atoms with Crippen molar-refractivity contribution < 1.29 is 42.1 Å². The molecule has 3 heterocycles. The lowest BCUT2D eigenvalue weighted by molar-refractivity contribution is -0.267. The summed E-state index contributed by atoms with van der Waals surface area (Å²) >= 11 is 0. The standard InChI is InChI=1S/C36H57N3O9S/c1-24-21-35(6,45-10)31(47-32-29(40)28(37(7)8)20-25(2)46-32)26(3)30(41)34(4,5)33(42)48-36(23-38(9)22-24)16-18-39(19-17-36)49(43,44)27-14-12-11-13-15-27/h11-15,24,26,28-29,31-32,40H,2,16-23H2,1,3-10H3/t24-,26+,28+,29-,31-,32+,35-/m1/s1. The first-order valence-corrected chi connectivity index (χ1v) is 18.6. The number of methoxy groups -OCH3 is 1. The molecule has 13 heteroatoms. The lowest BCUT2D eigenvalue weighted by Crippen LogP contribution is -2.58. The SMILES string of the molecule is C=C1C[C@H](N(C)C)[C@@H](O)[C@H](O[C@@H]2[C@@H](C)C(=O)C(C)(C)C(=O)OC3(CCN(S(=O)(=O)c4ccccc4)CC3)CN(C)C[C@H](C)C[C@@]2(C)OC)O1. The number of ketones is 1. The van der Waals surface area contributed by atoms with Crippen LogP contribution in [0.5, 0.6) is 0 Å². The Morgan fingerprint density at radius 2 is 1.67 bits per heavy atom. The highest BCUT2D eigenvalue weighted by atomic mass is 32.2. The van der Waals surface area contributed by atoms with Crippen molar-refractivity contribution in [2.45, 2.75) is 101 Å². The van der Waals surface area contributed by atoms with Crippen LogP contribution in [-0.2, 0) is 38.6 Å². The average molecular weight is 708 g/mol. The smallest absolute Gasteiger partial charge is 0.319 e. The molecular weight excluding hydrogens is 650 g/mol. The molecule has 3 aliphatic rings. The van der Waals surface area contributed by atoms with E-state index in [0.29, 0.717) is 31.7 Å². The number of carbonyl (C=O) groups is 2. The molecule has 1 N–H and O–H groups in total. The number of hydrogen-bond acceptors (Lipinski definition) is 11. The monoisotopic (exact) mass is 707 g/mol. The first-order valence-electron chi connectivity index (χ1n) is 17.2. The largest absolute Gasteiger partial charge is 0.467 e. The number of sulfonamides is 1. The second-order valence-electron chi connectivity index (χ2n) is 15.4. The minimum atomic E-state index is -3.73. The molecule has 0 aliphatic carbocycles. The van der Waals surface area contributed by atoms with Gasteiger partial charge in [0.1, 0.15) is 17.1 Å². The second kappa shape index (κ2) is 15.1. The summed E-state index contributed by atoms with van der Waals surface area (Å²) < 4.78 is 53.3. The number of nitrogens with zero attached hydrogens (tertiary/aromatic N) is 3. The minimum absolute atomic E-state index is 0.0325. The number of aliphatic hydroxyl groups excluding tert-OH is 1. The molecule has 0 bridgehead atoms. The Hall–Kier alpha value is -2.39. The molecule has 1 aromatic carbocycles. The van der Waals surface area contributed by atoms with Gasteiger partial charge < -0.3 is 33.9 Å². The van der Waals surface area contributed by atoms with Gasteiger partial charge in [-0.15, -0.1) is 0 Å². The van der Waals surface area contributed by atoms with Crippen LogP contribution in [0, 0.1) is 17.3 Å². The Balaban J connectivity index is 1.66. The van der Waals surface area contributed by atoms with Gasteiger partial charge in [-0.2, -0.15) is 4.31 Å². The van der Waals surface area contributed by atoms with Crippen molar-refractivity contribution in [3.63, 3.8) is 0 Å². The van der Waals surface area contributed by atoms with Crippen LogP contribution >= 0.6 is 0 Å². The Kier molecular flexibility index (Phi) is 12.1. The van der Waals surface area contributed by atoms with E-state index in [9.17, 15) is 23.1 Å². The highest BCUT2D eigenvalue weighted by Crippen LogP contribution is 2.40. The maximum absolute atomic E-state index is 14.4. The lowest BCUT2D eigenvalue weighted by Gasteiger charge is -2.46. The maximum Gasteiger partial charge on any atom is 0.319 e. The lowest BCUT2D eigenvalue weighted by atomic mass is 9.74. The number of Topliss-reactive ketones (excluding diaryl/α,β-unsaturated/α-hetero) is 1. The van der Waals surface area contributed by atoms with Gasteiger partial charge in [-0.05, 0) is 66.4 Å². The number of hydrogen-bond donors (Lipinski definition) is 1. The van der Waals surface area contributed by atoms with E-state index < -0.39 is 62.8 Å². The Morgan fingerprint density at radius 1 is 1.06 bits per heavy atom. The van der Waals surface area contributed by atoms with Crippen molar-refractivity contribution in [2.24, 2.45) is 17.3 Å². The van der Waals surface area contributed by atoms with Gasteiger partial charge in [-0.25, -0.2) is 8.42 Å². The number of rotatable bonds is 6. The molecule has 0 aromatic heterocycles. The van der Waals surface area contributed by atoms with Crippen molar-refractivity contribution >= 4 is 21.8 Å². The highest BCUT2D eigenvalue weighted by Gasteiger charge is 2.53. The Labute approximate surface area is 292 Å². The summed E-state index contributed by atoms with van der Waals surface area (Å²) in [6.07, 6.45) is -1.60. The molecule has 3 fully saturated rings. The molecule has 49 heavy (non-hydrogen) atoms. The summed E-state index contributed by atoms with van der Waals surface area (Å²) in [5.41, 5.74) is -3.62. The van der Waals surface area contributed by atoms with Crippen molar-refractivity contribution in [3.8, 4) is 0 Å². The van der Waals surface area contributed by atoms with Gasteiger partial charge in [0.05, 0.1) is 22.4 Å². The van der Waals surface area contributed by atoms with Gasteiger partial charge in [0.25, 0.3) is 0 Å². The van der Waals surface area contributed by atoms with Crippen LogP contribution in [0.15, 0.2) is 47.6 Å². The number of piperidine rings is 1. The third kappa shape index (κ3) is 8.40. The number of benzene rings is 1. The molecule has 3 aliphatic heterocycles. The van der Waals surface area contributed by atoms with Crippen LogP contribution in [0.4, 0.5) is 0 Å². The van der Waals surface area contributed by atoms with Crippen molar-refractivity contribution in [1.29, 1.82) is 0 Å². The fraction of sp³-hybridized carbons (Fsp3) is 0.722. The summed E-state index contributed by atoms with van der Waals surface area (Å²) in [5.74, 6) is -1.47. The van der Waals surface area contributed by atoms with Crippen LogP contribution in [0.1, 0.15) is 60.3 Å². The molecule has 276 valence electrons. The normalized spacial score (nSPS) is 34.1. The van der Waals surface area contributed by atoms with Gasteiger partial charge in [0.2, 0.25) is 16.3 Å². The number of aliphatic hydroxyl groups is 1. The summed E-state index contributed by atoms with van der Waals surface area (Å²) in [6, 6.07) is 7.99. The van der Waals surface area contributed by atoms with Crippen molar-refractivity contribution in [1.82, 2.24) is 14.1 Å². The molecule has 4 rings (SSSR count). The van der Waals surface area contributed by atoms with Gasteiger partial charge >= 0.3 is 5.97 Å². The van der Waals surface area contributed by atoms with E-state index in [1.807, 2.05) is 33.0 Å². The van der Waals surface area contributed by atoms with Crippen LogP contribution < -0.4 is 0 Å². The number of ether oxygens (including phenoxy) is 4. The zero-order valence-electron chi connectivity index (χ0n) is 30.7. The van der Waals surface area contributed by atoms with Gasteiger partial charge in [-0.1, -0.05) is 38.6 Å². The van der Waals surface area contributed by atoms with Gasteiger partial charge in [-0.3, -0.25) is 9.59 Å². The number of carbonyl (C=O) groups excluding carboxylic acids is 2. The van der Waals surface area contributed by atoms with E-state index in [1.165, 1.54) is 4.31 Å². The molecule has 12 nitrogen and oxygen atoms in total. The zero-order valence-corrected chi connectivity index (χ0v) is 31.5. The van der Waals surface area contributed by atoms with Gasteiger partial charge in [0.15, 0.2) is 5.78 Å². The van der Waals surface area contributed by atoms with Crippen molar-refractivity contribution in [3.05, 3.63) is 42.7 Å². The summed E-state index contributed by atoms with van der Waals surface area (Å²) in [6.45, 7) is 14.1. The number of likely N-dealkylation sites (N-methyl/N-ethyl adjacent to an activating group) is 2. The third-order valence-corrected chi connectivity index (χ3v) is 12.6. The van der Waals surface area contributed by atoms with E-state index in [2.05, 4.69) is 18.4 Å². The fourth-order valence-corrected chi connectivity index (χ4v) is 9.27. The van der Waals surface area contributed by atoms with E-state index in [1.54, 1.807) is 58.2 Å². The summed E-state index contributed by atoms with van der Waals surface area (Å²) in [4.78, 5) is 32.8. The molecule has 0 radical (unpaired) electrons. The van der Waals surface area contributed by atoms with Crippen LogP contribution in [-0.4, -0.2) is 130 Å². The van der Waals surface area contributed by atoms with Gasteiger partial charge in [0, 0.05) is 64.5 Å². The Bertz CT molecular complexity index is 1440. The van der Waals surface area contributed by atoms with Crippen LogP contribution in [0.2, 0.25) is 0 Å². The number of esters is 1. The molecule has 3 saturated heterocycles. The molecule has 0 unspecified atom stereocenters. The first-order chi connectivity index (χ1) is 22.8. The average Bonchev–Trinajstić information content (AvgIpc) is 3.04. The first kappa shape index (κ1) is 39.4. The molecular formula is C36H57N3O9S. The van der Waals surface area contributed by atoms with E-state index in [-0.39, 0.29) is 42.8 Å².